The van der Waals surface area contributed by atoms with Gasteiger partial charge in [0.2, 0.25) is 0 Å². The molecule has 0 saturated carbocycles. The molecule has 0 aliphatic rings. The monoisotopic (exact) mass is 280 g/mol. The summed E-state index contributed by atoms with van der Waals surface area (Å²) >= 11 is 5.87. The van der Waals surface area contributed by atoms with Gasteiger partial charge in [-0.05, 0) is 24.3 Å². The van der Waals surface area contributed by atoms with Gasteiger partial charge in [-0.1, -0.05) is 11.6 Å². The van der Waals surface area contributed by atoms with E-state index in [0.717, 1.165) is 6.07 Å². The van der Waals surface area contributed by atoms with Gasteiger partial charge in [0.25, 0.3) is 5.91 Å². The number of pyridine rings is 1. The number of aromatic nitrogens is 1. The smallest absolute Gasteiger partial charge is 0.250 e. The normalized spacial score (nSPS) is 10.2. The van der Waals surface area contributed by atoms with Gasteiger partial charge in [-0.3, -0.25) is 4.79 Å². The van der Waals surface area contributed by atoms with Crippen molar-refractivity contribution in [3.05, 3.63) is 46.9 Å². The zero-order valence-corrected chi connectivity index (χ0v) is 10.4. The van der Waals surface area contributed by atoms with Crippen LogP contribution in [0.4, 0.5) is 21.6 Å². The summed E-state index contributed by atoms with van der Waals surface area (Å²) in [6, 6.07) is 5.27. The van der Waals surface area contributed by atoms with Crippen LogP contribution in [0, 0.1) is 5.82 Å². The number of benzene rings is 1. The number of anilines is 3. The molecular weight excluding hydrogens is 271 g/mol. The van der Waals surface area contributed by atoms with Gasteiger partial charge in [0.15, 0.2) is 0 Å². The summed E-state index contributed by atoms with van der Waals surface area (Å²) in [6.45, 7) is 0. The van der Waals surface area contributed by atoms with Gasteiger partial charge in [-0.15, -0.1) is 0 Å². The number of carbonyl (C=O) groups excluding carboxylic acids is 1. The van der Waals surface area contributed by atoms with Gasteiger partial charge in [0.05, 0.1) is 28.2 Å². The second-order valence-corrected chi connectivity index (χ2v) is 4.18. The first kappa shape index (κ1) is 13.1. The Morgan fingerprint density at radius 1 is 1.37 bits per heavy atom. The molecule has 19 heavy (non-hydrogen) atoms. The van der Waals surface area contributed by atoms with Crippen LogP contribution in [0.15, 0.2) is 30.5 Å². The number of hydrogen-bond acceptors (Lipinski definition) is 4. The van der Waals surface area contributed by atoms with Crippen LogP contribution in [0.1, 0.15) is 10.4 Å². The Hall–Kier alpha value is -2.34. The van der Waals surface area contributed by atoms with Crippen molar-refractivity contribution < 1.29 is 9.18 Å². The first-order valence-electron chi connectivity index (χ1n) is 5.25. The Labute approximate surface area is 113 Å². The van der Waals surface area contributed by atoms with E-state index in [-0.39, 0.29) is 16.3 Å². The maximum atomic E-state index is 12.9. The maximum Gasteiger partial charge on any atom is 0.250 e. The molecule has 0 aliphatic carbocycles. The van der Waals surface area contributed by atoms with E-state index >= 15 is 0 Å². The van der Waals surface area contributed by atoms with Crippen LogP contribution in [0.25, 0.3) is 0 Å². The second kappa shape index (κ2) is 5.11. The highest BCUT2D eigenvalue weighted by Crippen LogP contribution is 2.26. The number of primary amides is 1. The molecule has 0 fully saturated rings. The number of nitrogens with one attached hydrogen (secondary N) is 1. The number of carbonyl (C=O) groups is 1. The standard InChI is InChI=1S/C12H10ClFN4O/c13-8-3-6(14)1-2-10(8)18-11-4-7(12(16)19)9(15)5-17-11/h1-5H,15H2,(H2,16,19)(H,17,18). The molecule has 5 nitrogen and oxygen atoms in total. The predicted octanol–water partition coefficient (Wildman–Crippen LogP) is 2.30. The van der Waals surface area contributed by atoms with Crippen LogP contribution in [0.2, 0.25) is 5.02 Å². The highest BCUT2D eigenvalue weighted by atomic mass is 35.5. The third-order valence-corrected chi connectivity index (χ3v) is 2.71. The highest BCUT2D eigenvalue weighted by molar-refractivity contribution is 6.33. The lowest BCUT2D eigenvalue weighted by molar-refractivity contribution is 0.100. The van der Waals surface area contributed by atoms with Crippen LogP contribution < -0.4 is 16.8 Å². The van der Waals surface area contributed by atoms with Crippen molar-refractivity contribution >= 4 is 34.7 Å². The van der Waals surface area contributed by atoms with Gasteiger partial charge in [-0.25, -0.2) is 9.37 Å². The molecule has 1 aromatic heterocycles. The lowest BCUT2D eigenvalue weighted by Gasteiger charge is -2.09. The largest absolute Gasteiger partial charge is 0.397 e. The molecule has 2 aromatic rings. The molecule has 1 heterocycles. The van der Waals surface area contributed by atoms with E-state index < -0.39 is 11.7 Å². The van der Waals surface area contributed by atoms with Gasteiger partial charge in [0, 0.05) is 0 Å². The number of nitrogens with zero attached hydrogens (tertiary/aromatic N) is 1. The fourth-order valence-corrected chi connectivity index (χ4v) is 1.69. The quantitative estimate of drug-likeness (QED) is 0.804. The molecule has 5 N–H and O–H groups in total. The molecule has 0 unspecified atom stereocenters. The average molecular weight is 281 g/mol. The summed E-state index contributed by atoms with van der Waals surface area (Å²) in [5.74, 6) is -0.775. The van der Waals surface area contributed by atoms with E-state index in [2.05, 4.69) is 10.3 Å². The highest BCUT2D eigenvalue weighted by Gasteiger charge is 2.09. The van der Waals surface area contributed by atoms with Crippen molar-refractivity contribution in [2.24, 2.45) is 5.73 Å². The number of hydrogen-bond donors (Lipinski definition) is 3. The van der Waals surface area contributed by atoms with Gasteiger partial charge in [-0.2, -0.15) is 0 Å². The average Bonchev–Trinajstić information content (AvgIpc) is 2.34. The molecular formula is C12H10ClFN4O. The maximum absolute atomic E-state index is 12.9. The van der Waals surface area contributed by atoms with Gasteiger partial charge in [0.1, 0.15) is 11.6 Å². The van der Waals surface area contributed by atoms with Gasteiger partial charge >= 0.3 is 0 Å². The molecule has 0 bridgehead atoms. The zero-order valence-electron chi connectivity index (χ0n) is 9.65. The molecule has 7 heteroatoms. The van der Waals surface area contributed by atoms with Crippen LogP contribution in [0.3, 0.4) is 0 Å². The number of nitrogens with two attached hydrogens (primary N) is 2. The van der Waals surface area contributed by atoms with Crippen molar-refractivity contribution in [2.45, 2.75) is 0 Å². The lowest BCUT2D eigenvalue weighted by Crippen LogP contribution is -2.14. The molecule has 0 saturated heterocycles. The fourth-order valence-electron chi connectivity index (χ4n) is 1.48. The van der Waals surface area contributed by atoms with Crippen LogP contribution in [0.5, 0.6) is 0 Å². The van der Waals surface area contributed by atoms with Crippen LogP contribution in [-0.4, -0.2) is 10.9 Å². The Morgan fingerprint density at radius 2 is 2.11 bits per heavy atom. The number of rotatable bonds is 3. The minimum atomic E-state index is -0.659. The molecule has 0 aliphatic heterocycles. The van der Waals surface area contributed by atoms with E-state index in [0.29, 0.717) is 11.5 Å². The van der Waals surface area contributed by atoms with Crippen LogP contribution >= 0.6 is 11.6 Å². The number of nitrogen functional groups attached to an aromatic ring is 1. The van der Waals surface area contributed by atoms with Crippen molar-refractivity contribution in [1.82, 2.24) is 4.98 Å². The Balaban J connectivity index is 2.33. The molecule has 0 atom stereocenters. The molecule has 2 rings (SSSR count). The summed E-state index contributed by atoms with van der Waals surface area (Å²) in [5, 5.41) is 3.04. The minimum absolute atomic E-state index is 0.149. The molecule has 98 valence electrons. The number of amides is 1. The SMILES string of the molecule is NC(=O)c1cc(Nc2ccc(F)cc2Cl)ncc1N. The van der Waals surface area contributed by atoms with Crippen molar-refractivity contribution in [3.8, 4) is 0 Å². The third-order valence-electron chi connectivity index (χ3n) is 2.39. The van der Waals surface area contributed by atoms with Crippen molar-refractivity contribution in [2.75, 3.05) is 11.1 Å². The van der Waals surface area contributed by atoms with E-state index in [1.807, 2.05) is 0 Å². The summed E-state index contributed by atoms with van der Waals surface area (Å²) in [6.07, 6.45) is 1.31. The lowest BCUT2D eigenvalue weighted by atomic mass is 10.2. The van der Waals surface area contributed by atoms with E-state index in [1.54, 1.807) is 0 Å². The van der Waals surface area contributed by atoms with Gasteiger partial charge < -0.3 is 16.8 Å². The predicted molar refractivity (Wildman–Crippen MR) is 71.9 cm³/mol. The first-order chi connectivity index (χ1) is 8.97. The summed E-state index contributed by atoms with van der Waals surface area (Å²) in [7, 11) is 0. The first-order valence-corrected chi connectivity index (χ1v) is 5.62. The minimum Gasteiger partial charge on any atom is -0.397 e. The Kier molecular flexibility index (Phi) is 3.52. The van der Waals surface area contributed by atoms with E-state index in [9.17, 15) is 9.18 Å². The second-order valence-electron chi connectivity index (χ2n) is 3.77. The van der Waals surface area contributed by atoms with Crippen molar-refractivity contribution in [3.63, 3.8) is 0 Å². The van der Waals surface area contributed by atoms with E-state index in [4.69, 9.17) is 23.1 Å². The Morgan fingerprint density at radius 3 is 2.74 bits per heavy atom. The molecule has 1 aromatic carbocycles. The van der Waals surface area contributed by atoms with Crippen LogP contribution in [-0.2, 0) is 0 Å². The van der Waals surface area contributed by atoms with Crippen molar-refractivity contribution in [1.29, 1.82) is 0 Å². The fraction of sp³-hybridized carbons (Fsp3) is 0. The summed E-state index contributed by atoms with van der Waals surface area (Å²) in [5.41, 5.74) is 11.5. The summed E-state index contributed by atoms with van der Waals surface area (Å²) in [4.78, 5) is 15.1. The topological polar surface area (TPSA) is 94.0 Å². The Bertz CT molecular complexity index is 648. The molecule has 0 radical (unpaired) electrons. The molecule has 1 amide bonds. The zero-order chi connectivity index (χ0) is 14.0. The molecule has 0 spiro atoms. The number of halogens is 2. The summed E-state index contributed by atoms with van der Waals surface area (Å²) < 4.78 is 12.9. The third kappa shape index (κ3) is 2.92. The van der Waals surface area contributed by atoms with E-state index in [1.165, 1.54) is 24.4 Å².